The molecule has 0 aliphatic heterocycles. The van der Waals surface area contributed by atoms with E-state index in [1.807, 2.05) is 31.3 Å². The van der Waals surface area contributed by atoms with E-state index < -0.39 is 0 Å². The fourth-order valence-electron chi connectivity index (χ4n) is 2.22. The lowest BCUT2D eigenvalue weighted by Crippen LogP contribution is -2.16. The van der Waals surface area contributed by atoms with Crippen molar-refractivity contribution < 1.29 is 9.26 Å². The zero-order chi connectivity index (χ0) is 14.7. The summed E-state index contributed by atoms with van der Waals surface area (Å²) < 4.78 is 10.7. The Balaban J connectivity index is 1.59. The van der Waals surface area contributed by atoms with Crippen LogP contribution in [0.4, 0.5) is 5.69 Å². The molecule has 0 amide bonds. The zero-order valence-electron chi connectivity index (χ0n) is 12.5. The van der Waals surface area contributed by atoms with Gasteiger partial charge in [-0.25, -0.2) is 0 Å². The molecule has 5 nitrogen and oxygen atoms in total. The van der Waals surface area contributed by atoms with Crippen LogP contribution in [0.3, 0.4) is 0 Å². The van der Waals surface area contributed by atoms with Gasteiger partial charge < -0.3 is 19.5 Å². The highest BCUT2D eigenvalue weighted by Crippen LogP contribution is 2.22. The maximum Gasteiger partial charge on any atom is 0.156 e. The van der Waals surface area contributed by atoms with Gasteiger partial charge in [-0.15, -0.1) is 0 Å². The lowest BCUT2D eigenvalue weighted by molar-refractivity contribution is 0.374. The van der Waals surface area contributed by atoms with Crippen molar-refractivity contribution in [3.63, 3.8) is 0 Å². The quantitative estimate of drug-likeness (QED) is 0.848. The van der Waals surface area contributed by atoms with E-state index in [0.717, 1.165) is 29.4 Å². The lowest BCUT2D eigenvalue weighted by atomic mass is 10.2. The molecule has 0 bridgehead atoms. The summed E-state index contributed by atoms with van der Waals surface area (Å²) in [6, 6.07) is 10.7. The Hall–Kier alpha value is -2.01. The molecule has 112 valence electrons. The first-order chi connectivity index (χ1) is 10.2. The number of methoxy groups -OCH3 is 1. The monoisotopic (exact) mass is 287 g/mol. The molecule has 5 heteroatoms. The van der Waals surface area contributed by atoms with Crippen LogP contribution in [0.25, 0.3) is 0 Å². The van der Waals surface area contributed by atoms with Gasteiger partial charge >= 0.3 is 0 Å². The van der Waals surface area contributed by atoms with Crippen LogP contribution in [0.1, 0.15) is 24.3 Å². The second-order valence-electron chi connectivity index (χ2n) is 5.50. The van der Waals surface area contributed by atoms with E-state index in [1.54, 1.807) is 7.11 Å². The van der Waals surface area contributed by atoms with Crippen molar-refractivity contribution >= 4 is 5.69 Å². The maximum absolute atomic E-state index is 5.40. The summed E-state index contributed by atoms with van der Waals surface area (Å²) in [6.45, 7) is 1.47. The summed E-state index contributed by atoms with van der Waals surface area (Å²) in [4.78, 5) is 2.11. The van der Waals surface area contributed by atoms with Crippen molar-refractivity contribution in [3.8, 4) is 5.75 Å². The molecule has 1 fully saturated rings. The molecule has 1 aliphatic carbocycles. The first-order valence-corrected chi connectivity index (χ1v) is 7.27. The number of ether oxygens (including phenoxy) is 1. The first kappa shape index (κ1) is 13.9. The molecule has 21 heavy (non-hydrogen) atoms. The van der Waals surface area contributed by atoms with Gasteiger partial charge in [0, 0.05) is 37.5 Å². The number of aromatic nitrogens is 1. The zero-order valence-corrected chi connectivity index (χ0v) is 12.5. The number of nitrogens with zero attached hydrogens (tertiary/aromatic N) is 2. The molecular weight excluding hydrogens is 266 g/mol. The standard InChI is InChI=1S/C16H21N3O2/c1-19(14-4-3-5-15(9-14)20-2)11-16-8-13(18-21-16)10-17-12-6-7-12/h3-5,8-9,12,17H,6-7,10-11H2,1-2H3. The number of benzene rings is 1. The molecule has 0 radical (unpaired) electrons. The summed E-state index contributed by atoms with van der Waals surface area (Å²) >= 11 is 0. The van der Waals surface area contributed by atoms with Crippen LogP contribution in [0.15, 0.2) is 34.9 Å². The number of hydrogen-bond acceptors (Lipinski definition) is 5. The molecule has 1 aromatic heterocycles. The fraction of sp³-hybridized carbons (Fsp3) is 0.438. The van der Waals surface area contributed by atoms with Gasteiger partial charge in [-0.3, -0.25) is 0 Å². The molecule has 3 rings (SSSR count). The molecule has 0 atom stereocenters. The Morgan fingerprint density at radius 2 is 2.24 bits per heavy atom. The molecule has 1 aliphatic rings. The Bertz CT molecular complexity index is 593. The Morgan fingerprint density at radius 1 is 1.38 bits per heavy atom. The minimum Gasteiger partial charge on any atom is -0.497 e. The van der Waals surface area contributed by atoms with E-state index in [9.17, 15) is 0 Å². The third kappa shape index (κ3) is 3.76. The van der Waals surface area contributed by atoms with Crippen molar-refractivity contribution in [2.45, 2.75) is 32.0 Å². The predicted octanol–water partition coefficient (Wildman–Crippen LogP) is 2.57. The maximum atomic E-state index is 5.40. The fourth-order valence-corrected chi connectivity index (χ4v) is 2.22. The molecule has 1 saturated carbocycles. The minimum atomic E-state index is 0.684. The molecule has 0 saturated heterocycles. The average Bonchev–Trinajstić information content (AvgIpc) is 3.24. The van der Waals surface area contributed by atoms with E-state index in [0.29, 0.717) is 12.6 Å². The third-order valence-electron chi connectivity index (χ3n) is 3.64. The van der Waals surface area contributed by atoms with Gasteiger partial charge in [0.25, 0.3) is 0 Å². The van der Waals surface area contributed by atoms with Gasteiger partial charge in [0.1, 0.15) is 5.75 Å². The Kier molecular flexibility index (Phi) is 4.10. The van der Waals surface area contributed by atoms with Gasteiger partial charge in [0.05, 0.1) is 19.3 Å². The summed E-state index contributed by atoms with van der Waals surface area (Å²) in [5.41, 5.74) is 2.05. The Morgan fingerprint density at radius 3 is 3.00 bits per heavy atom. The lowest BCUT2D eigenvalue weighted by Gasteiger charge is -2.18. The highest BCUT2D eigenvalue weighted by molar-refractivity contribution is 5.50. The molecule has 0 unspecified atom stereocenters. The second-order valence-corrected chi connectivity index (χ2v) is 5.50. The van der Waals surface area contributed by atoms with Crippen LogP contribution < -0.4 is 15.0 Å². The number of anilines is 1. The minimum absolute atomic E-state index is 0.684. The molecule has 1 aromatic carbocycles. The van der Waals surface area contributed by atoms with Crippen LogP contribution in [0, 0.1) is 0 Å². The highest BCUT2D eigenvalue weighted by Gasteiger charge is 2.20. The summed E-state index contributed by atoms with van der Waals surface area (Å²) in [5, 5.41) is 7.54. The molecular formula is C16H21N3O2. The van der Waals surface area contributed by atoms with Gasteiger partial charge in [-0.2, -0.15) is 0 Å². The van der Waals surface area contributed by atoms with Crippen molar-refractivity contribution in [1.82, 2.24) is 10.5 Å². The number of rotatable bonds is 7. The van der Waals surface area contributed by atoms with Gasteiger partial charge in [0.2, 0.25) is 0 Å². The molecule has 2 aromatic rings. The van der Waals surface area contributed by atoms with E-state index >= 15 is 0 Å². The van der Waals surface area contributed by atoms with Crippen molar-refractivity contribution in [2.24, 2.45) is 0 Å². The third-order valence-corrected chi connectivity index (χ3v) is 3.64. The van der Waals surface area contributed by atoms with Crippen LogP contribution in [0.5, 0.6) is 5.75 Å². The normalized spacial score (nSPS) is 14.2. The summed E-state index contributed by atoms with van der Waals surface area (Å²) in [6.07, 6.45) is 2.56. The topological polar surface area (TPSA) is 50.5 Å². The van der Waals surface area contributed by atoms with Gasteiger partial charge in [-0.05, 0) is 25.0 Å². The smallest absolute Gasteiger partial charge is 0.156 e. The average molecular weight is 287 g/mol. The largest absolute Gasteiger partial charge is 0.497 e. The number of hydrogen-bond donors (Lipinski definition) is 1. The van der Waals surface area contributed by atoms with Gasteiger partial charge in [0.15, 0.2) is 5.76 Å². The van der Waals surface area contributed by atoms with Crippen LogP contribution >= 0.6 is 0 Å². The van der Waals surface area contributed by atoms with Crippen molar-refractivity contribution in [3.05, 3.63) is 41.8 Å². The predicted molar refractivity (Wildman–Crippen MR) is 81.5 cm³/mol. The van der Waals surface area contributed by atoms with Crippen LogP contribution in [-0.4, -0.2) is 25.4 Å². The van der Waals surface area contributed by atoms with Crippen LogP contribution in [0.2, 0.25) is 0 Å². The summed E-state index contributed by atoms with van der Waals surface area (Å²) in [5.74, 6) is 1.72. The SMILES string of the molecule is COc1cccc(N(C)Cc2cc(CNC3CC3)no2)c1. The van der Waals surface area contributed by atoms with E-state index in [4.69, 9.17) is 9.26 Å². The Labute approximate surface area is 124 Å². The highest BCUT2D eigenvalue weighted by atomic mass is 16.5. The van der Waals surface area contributed by atoms with Crippen LogP contribution in [-0.2, 0) is 13.1 Å². The van der Waals surface area contributed by atoms with Gasteiger partial charge in [-0.1, -0.05) is 11.2 Å². The molecule has 0 spiro atoms. The number of nitrogens with one attached hydrogen (secondary N) is 1. The molecule has 1 N–H and O–H groups in total. The second kappa shape index (κ2) is 6.18. The summed E-state index contributed by atoms with van der Waals surface area (Å²) in [7, 11) is 3.70. The van der Waals surface area contributed by atoms with Crippen molar-refractivity contribution in [2.75, 3.05) is 19.1 Å². The van der Waals surface area contributed by atoms with E-state index in [-0.39, 0.29) is 0 Å². The van der Waals surface area contributed by atoms with E-state index in [2.05, 4.69) is 21.4 Å². The molecule has 1 heterocycles. The van der Waals surface area contributed by atoms with Crippen molar-refractivity contribution in [1.29, 1.82) is 0 Å². The van der Waals surface area contributed by atoms with E-state index in [1.165, 1.54) is 12.8 Å². The first-order valence-electron chi connectivity index (χ1n) is 7.27.